The number of hydrogen-bond donors (Lipinski definition) is 1. The lowest BCUT2D eigenvalue weighted by Crippen LogP contribution is -2.38. The second kappa shape index (κ2) is 6.38. The molecule has 1 atom stereocenters. The number of nitrogens with zero attached hydrogens (tertiary/aromatic N) is 1. The molecular weight excluding hydrogens is 136 g/mol. The van der Waals surface area contributed by atoms with Crippen molar-refractivity contribution in [2.24, 2.45) is 0 Å². The molecule has 2 heteroatoms. The second-order valence-electron chi connectivity index (χ2n) is 2.91. The average molecular weight is 156 g/mol. The van der Waals surface area contributed by atoms with Gasteiger partial charge in [0.1, 0.15) is 0 Å². The summed E-state index contributed by atoms with van der Waals surface area (Å²) in [6, 6.07) is 0. The van der Waals surface area contributed by atoms with Crippen LogP contribution in [-0.2, 0) is 0 Å². The zero-order valence-electron chi connectivity index (χ0n) is 8.09. The van der Waals surface area contributed by atoms with Crippen molar-refractivity contribution in [3.63, 3.8) is 0 Å². The zero-order valence-corrected chi connectivity index (χ0v) is 8.09. The Labute approximate surface area is 70.3 Å². The van der Waals surface area contributed by atoms with Crippen LogP contribution in [0.3, 0.4) is 0 Å². The van der Waals surface area contributed by atoms with Crippen molar-refractivity contribution in [3.05, 3.63) is 12.2 Å². The molecule has 0 aliphatic rings. The SMILES string of the molecule is CC=CCCC(NC)N(C)C. The Morgan fingerprint density at radius 1 is 1.45 bits per heavy atom. The molecule has 0 spiro atoms. The van der Waals surface area contributed by atoms with Crippen LogP contribution in [0.2, 0.25) is 0 Å². The molecule has 0 saturated heterocycles. The van der Waals surface area contributed by atoms with Crippen LogP contribution in [0.25, 0.3) is 0 Å². The Morgan fingerprint density at radius 2 is 2.09 bits per heavy atom. The maximum Gasteiger partial charge on any atom is 0.0592 e. The van der Waals surface area contributed by atoms with Crippen molar-refractivity contribution in [1.29, 1.82) is 0 Å². The van der Waals surface area contributed by atoms with E-state index in [-0.39, 0.29) is 0 Å². The molecular formula is C9H20N2. The molecule has 11 heavy (non-hydrogen) atoms. The Morgan fingerprint density at radius 3 is 2.45 bits per heavy atom. The summed E-state index contributed by atoms with van der Waals surface area (Å²) in [5.41, 5.74) is 0. The molecule has 0 radical (unpaired) electrons. The van der Waals surface area contributed by atoms with Gasteiger partial charge in [-0.1, -0.05) is 12.2 Å². The van der Waals surface area contributed by atoms with Crippen LogP contribution in [-0.4, -0.2) is 32.2 Å². The van der Waals surface area contributed by atoms with Gasteiger partial charge in [-0.2, -0.15) is 0 Å². The zero-order chi connectivity index (χ0) is 8.69. The van der Waals surface area contributed by atoms with E-state index in [2.05, 4.69) is 43.4 Å². The monoisotopic (exact) mass is 156 g/mol. The van der Waals surface area contributed by atoms with Gasteiger partial charge < -0.3 is 5.32 Å². The van der Waals surface area contributed by atoms with Crippen molar-refractivity contribution in [3.8, 4) is 0 Å². The molecule has 1 N–H and O–H groups in total. The first-order valence-electron chi connectivity index (χ1n) is 4.17. The topological polar surface area (TPSA) is 15.3 Å². The first kappa shape index (κ1) is 10.7. The summed E-state index contributed by atoms with van der Waals surface area (Å²) in [4.78, 5) is 2.20. The lowest BCUT2D eigenvalue weighted by Gasteiger charge is -2.22. The lowest BCUT2D eigenvalue weighted by molar-refractivity contribution is 0.247. The molecule has 0 heterocycles. The van der Waals surface area contributed by atoms with Gasteiger partial charge in [0.15, 0.2) is 0 Å². The summed E-state index contributed by atoms with van der Waals surface area (Å²) in [5, 5.41) is 3.25. The minimum atomic E-state index is 0.506. The number of nitrogens with one attached hydrogen (secondary N) is 1. The number of hydrogen-bond acceptors (Lipinski definition) is 2. The molecule has 0 saturated carbocycles. The minimum Gasteiger partial charge on any atom is -0.305 e. The first-order valence-corrected chi connectivity index (χ1v) is 4.17. The van der Waals surface area contributed by atoms with E-state index in [1.165, 1.54) is 6.42 Å². The van der Waals surface area contributed by atoms with Gasteiger partial charge in [0.05, 0.1) is 6.17 Å². The largest absolute Gasteiger partial charge is 0.305 e. The summed E-state index contributed by atoms with van der Waals surface area (Å²) >= 11 is 0. The summed E-state index contributed by atoms with van der Waals surface area (Å²) in [6.07, 6.45) is 7.13. The van der Waals surface area contributed by atoms with E-state index >= 15 is 0 Å². The predicted molar refractivity (Wildman–Crippen MR) is 50.6 cm³/mol. The van der Waals surface area contributed by atoms with Gasteiger partial charge in [-0.25, -0.2) is 0 Å². The lowest BCUT2D eigenvalue weighted by atomic mass is 10.2. The highest BCUT2D eigenvalue weighted by atomic mass is 15.2. The fourth-order valence-electron chi connectivity index (χ4n) is 1.08. The van der Waals surface area contributed by atoms with Crippen LogP contribution in [0.1, 0.15) is 19.8 Å². The van der Waals surface area contributed by atoms with Gasteiger partial charge >= 0.3 is 0 Å². The smallest absolute Gasteiger partial charge is 0.0592 e. The van der Waals surface area contributed by atoms with Crippen LogP contribution in [0.4, 0.5) is 0 Å². The highest BCUT2D eigenvalue weighted by molar-refractivity contribution is 4.78. The molecule has 0 rings (SSSR count). The Hall–Kier alpha value is -0.340. The molecule has 0 fully saturated rings. The summed E-state index contributed by atoms with van der Waals surface area (Å²) in [5.74, 6) is 0. The van der Waals surface area contributed by atoms with E-state index in [4.69, 9.17) is 0 Å². The van der Waals surface area contributed by atoms with Crippen LogP contribution in [0.5, 0.6) is 0 Å². The molecule has 0 aliphatic heterocycles. The third kappa shape index (κ3) is 4.99. The van der Waals surface area contributed by atoms with E-state index in [1.54, 1.807) is 0 Å². The van der Waals surface area contributed by atoms with Gasteiger partial charge in [0.25, 0.3) is 0 Å². The third-order valence-electron chi connectivity index (χ3n) is 1.80. The molecule has 0 bridgehead atoms. The van der Waals surface area contributed by atoms with Gasteiger partial charge in [0, 0.05) is 0 Å². The number of allylic oxidation sites excluding steroid dienone is 2. The number of rotatable bonds is 5. The summed E-state index contributed by atoms with van der Waals surface area (Å²) in [7, 11) is 6.19. The summed E-state index contributed by atoms with van der Waals surface area (Å²) in [6.45, 7) is 2.06. The van der Waals surface area contributed by atoms with Crippen molar-refractivity contribution >= 4 is 0 Å². The van der Waals surface area contributed by atoms with E-state index in [1.807, 2.05) is 7.05 Å². The third-order valence-corrected chi connectivity index (χ3v) is 1.80. The van der Waals surface area contributed by atoms with E-state index in [0.717, 1.165) is 6.42 Å². The van der Waals surface area contributed by atoms with Gasteiger partial charge in [0.2, 0.25) is 0 Å². The van der Waals surface area contributed by atoms with Gasteiger partial charge in [-0.15, -0.1) is 0 Å². The van der Waals surface area contributed by atoms with Gasteiger partial charge in [-0.3, -0.25) is 4.90 Å². The van der Waals surface area contributed by atoms with E-state index in [0.29, 0.717) is 6.17 Å². The molecule has 0 aromatic heterocycles. The first-order chi connectivity index (χ1) is 5.22. The highest BCUT2D eigenvalue weighted by Crippen LogP contribution is 1.99. The highest BCUT2D eigenvalue weighted by Gasteiger charge is 2.05. The van der Waals surface area contributed by atoms with Crippen LogP contribution >= 0.6 is 0 Å². The van der Waals surface area contributed by atoms with Crippen molar-refractivity contribution in [2.75, 3.05) is 21.1 Å². The fourth-order valence-corrected chi connectivity index (χ4v) is 1.08. The quantitative estimate of drug-likeness (QED) is 0.479. The average Bonchev–Trinajstić information content (AvgIpc) is 1.97. The van der Waals surface area contributed by atoms with Crippen molar-refractivity contribution in [2.45, 2.75) is 25.9 Å². The normalized spacial score (nSPS) is 14.6. The van der Waals surface area contributed by atoms with E-state index in [9.17, 15) is 0 Å². The van der Waals surface area contributed by atoms with Crippen LogP contribution < -0.4 is 5.32 Å². The minimum absolute atomic E-state index is 0.506. The Bertz CT molecular complexity index is 108. The standard InChI is InChI=1S/C9H20N2/c1-5-6-7-8-9(10-2)11(3)4/h5-6,9-10H,7-8H2,1-4H3. The maximum atomic E-state index is 3.25. The van der Waals surface area contributed by atoms with Crippen molar-refractivity contribution < 1.29 is 0 Å². The van der Waals surface area contributed by atoms with Crippen LogP contribution in [0, 0.1) is 0 Å². The molecule has 2 nitrogen and oxygen atoms in total. The van der Waals surface area contributed by atoms with E-state index < -0.39 is 0 Å². The maximum absolute atomic E-state index is 3.25. The van der Waals surface area contributed by atoms with Crippen molar-refractivity contribution in [1.82, 2.24) is 10.2 Å². The fraction of sp³-hybridized carbons (Fsp3) is 0.778. The van der Waals surface area contributed by atoms with Crippen LogP contribution in [0.15, 0.2) is 12.2 Å². The molecule has 0 aliphatic carbocycles. The molecule has 0 amide bonds. The Balaban J connectivity index is 3.52. The molecule has 66 valence electrons. The predicted octanol–water partition coefficient (Wildman–Crippen LogP) is 1.45. The van der Waals surface area contributed by atoms with Gasteiger partial charge in [-0.05, 0) is 40.9 Å². The Kier molecular flexibility index (Phi) is 6.18. The molecule has 0 aromatic carbocycles. The molecule has 1 unspecified atom stereocenters. The molecule has 0 aromatic rings. The summed E-state index contributed by atoms with van der Waals surface area (Å²) < 4.78 is 0. The second-order valence-corrected chi connectivity index (χ2v) is 2.91.